The lowest BCUT2D eigenvalue weighted by Gasteiger charge is -2.30. The Morgan fingerprint density at radius 3 is 2.42 bits per heavy atom. The van der Waals surface area contributed by atoms with Crippen LogP contribution in [0.25, 0.3) is 22.2 Å². The van der Waals surface area contributed by atoms with Gasteiger partial charge in [0.05, 0.1) is 29.6 Å². The molecule has 3 saturated carbocycles. The number of carbonyl (C=O) groups excluding carboxylic acids is 3. The van der Waals surface area contributed by atoms with E-state index in [2.05, 4.69) is 21.9 Å². The zero-order valence-corrected chi connectivity index (χ0v) is 31.9. The SMILES string of the molecule is C=CC1CC1(NC(=O)C1CC(Oc2cc(-c3ccccc3)nc3cc(OC)ccc23)CN1C(=O)C(NC(=O)O)C(C)C)C(=O)NS(=O)(=O)C1(CC2CC2)CC1. The Morgan fingerprint density at radius 2 is 1.82 bits per heavy atom. The Hall–Kier alpha value is -5.18. The van der Waals surface area contributed by atoms with Crippen LogP contribution in [0.15, 0.2) is 67.3 Å². The van der Waals surface area contributed by atoms with Gasteiger partial charge in [-0.25, -0.2) is 18.2 Å². The number of methoxy groups -OCH3 is 1. The molecule has 2 heterocycles. The molecule has 5 unspecified atom stereocenters. The molecule has 0 radical (unpaired) electrons. The van der Waals surface area contributed by atoms with Crippen molar-refractivity contribution in [2.24, 2.45) is 17.8 Å². The number of aromatic nitrogens is 1. The second-order valence-electron chi connectivity index (χ2n) is 15.7. The van der Waals surface area contributed by atoms with Gasteiger partial charge in [0.2, 0.25) is 21.8 Å². The van der Waals surface area contributed by atoms with Crippen molar-refractivity contribution in [1.29, 1.82) is 0 Å². The molecule has 0 spiro atoms. The lowest BCUT2D eigenvalue weighted by molar-refractivity contribution is -0.141. The number of pyridine rings is 1. The molecule has 3 aromatic rings. The van der Waals surface area contributed by atoms with Gasteiger partial charge in [0.1, 0.15) is 35.2 Å². The average Bonchev–Trinajstić information content (AvgIpc) is 4.11. The fourth-order valence-electron chi connectivity index (χ4n) is 7.77. The Bertz CT molecular complexity index is 2140. The van der Waals surface area contributed by atoms with Crippen molar-refractivity contribution in [2.75, 3.05) is 13.7 Å². The van der Waals surface area contributed by atoms with Gasteiger partial charge in [-0.3, -0.25) is 19.1 Å². The summed E-state index contributed by atoms with van der Waals surface area (Å²) in [6, 6.07) is 14.3. The van der Waals surface area contributed by atoms with E-state index in [4.69, 9.17) is 14.5 Å². The Kier molecular flexibility index (Phi) is 10.0. The summed E-state index contributed by atoms with van der Waals surface area (Å²) in [6.07, 6.45) is 2.91. The fourth-order valence-corrected chi connectivity index (χ4v) is 9.50. The van der Waals surface area contributed by atoms with Gasteiger partial charge in [-0.2, -0.15) is 0 Å². The first-order valence-electron chi connectivity index (χ1n) is 18.7. The molecule has 5 atom stereocenters. The van der Waals surface area contributed by atoms with E-state index in [9.17, 15) is 32.7 Å². The zero-order valence-electron chi connectivity index (χ0n) is 31.1. The summed E-state index contributed by atoms with van der Waals surface area (Å²) < 4.78 is 40.4. The highest BCUT2D eigenvalue weighted by Gasteiger charge is 2.64. The normalized spacial score (nSPS) is 24.4. The smallest absolute Gasteiger partial charge is 0.405 e. The van der Waals surface area contributed by atoms with Crippen LogP contribution in [0.5, 0.6) is 11.5 Å². The van der Waals surface area contributed by atoms with E-state index in [-0.39, 0.29) is 19.4 Å². The maximum Gasteiger partial charge on any atom is 0.405 e. The molecular formula is C40H47N5O9S. The number of carboxylic acid groups (broad SMARTS) is 1. The van der Waals surface area contributed by atoms with Gasteiger partial charge in [0.15, 0.2) is 0 Å². The molecule has 1 aromatic heterocycles. The Morgan fingerprint density at radius 1 is 1.09 bits per heavy atom. The second kappa shape index (κ2) is 14.5. The van der Waals surface area contributed by atoms with Crippen molar-refractivity contribution in [3.8, 4) is 22.8 Å². The van der Waals surface area contributed by atoms with Crippen LogP contribution in [0.1, 0.15) is 58.8 Å². The van der Waals surface area contributed by atoms with Crippen molar-refractivity contribution in [3.05, 3.63) is 67.3 Å². The molecule has 4 aliphatic rings. The van der Waals surface area contributed by atoms with Crippen LogP contribution >= 0.6 is 0 Å². The standard InChI is InChI=1S/C40H47N5O9S/c1-5-26-21-40(26,37(48)44-55(51,52)39(15-16-39)20-24-11-12-24)43-35(46)32-18-28(22-45(32)36(47)34(23(2)3)42-38(49)50)54-33-19-30(25-9-7-6-8-10-25)41-31-17-27(53-4)13-14-29(31)33/h5-10,13-14,17,19,23-24,26,28,32,34,42H,1,11-12,15-16,18,20-22H2,2-4H3,(H,43,46)(H,44,48)(H,49,50). The summed E-state index contributed by atoms with van der Waals surface area (Å²) in [7, 11) is -2.47. The van der Waals surface area contributed by atoms with E-state index in [1.165, 1.54) is 11.0 Å². The highest BCUT2D eigenvalue weighted by Crippen LogP contribution is 2.53. The minimum Gasteiger partial charge on any atom is -0.497 e. The predicted molar refractivity (Wildman–Crippen MR) is 204 cm³/mol. The van der Waals surface area contributed by atoms with Crippen molar-refractivity contribution >= 4 is 44.7 Å². The molecule has 1 aliphatic heterocycles. The maximum absolute atomic E-state index is 14.4. The third kappa shape index (κ3) is 7.58. The van der Waals surface area contributed by atoms with Gasteiger partial charge < -0.3 is 30.1 Å². The molecule has 0 bridgehead atoms. The van der Waals surface area contributed by atoms with Crippen LogP contribution in [-0.4, -0.2) is 89.4 Å². The third-order valence-corrected chi connectivity index (χ3v) is 13.6. The van der Waals surface area contributed by atoms with E-state index >= 15 is 0 Å². The number of ether oxygens (including phenoxy) is 2. The minimum absolute atomic E-state index is 0.00461. The zero-order chi connectivity index (χ0) is 39.3. The maximum atomic E-state index is 14.4. The lowest BCUT2D eigenvalue weighted by Crippen LogP contribution is -2.59. The van der Waals surface area contributed by atoms with Crippen LogP contribution in [0, 0.1) is 17.8 Å². The molecule has 14 nitrogen and oxygen atoms in total. The third-order valence-electron chi connectivity index (χ3n) is 11.4. The van der Waals surface area contributed by atoms with Gasteiger partial charge in [-0.1, -0.05) is 63.1 Å². The number of fused-ring (bicyclic) bond motifs is 1. The summed E-state index contributed by atoms with van der Waals surface area (Å²) in [4.78, 5) is 60.3. The molecule has 4 N–H and O–H groups in total. The van der Waals surface area contributed by atoms with Crippen LogP contribution in [-0.2, 0) is 24.4 Å². The topological polar surface area (TPSA) is 193 Å². The number of benzene rings is 2. The number of carbonyl (C=O) groups is 4. The van der Waals surface area contributed by atoms with Crippen LogP contribution in [0.4, 0.5) is 4.79 Å². The summed E-state index contributed by atoms with van der Waals surface area (Å²) in [6.45, 7) is 7.10. The Labute approximate surface area is 320 Å². The van der Waals surface area contributed by atoms with Crippen LogP contribution in [0.2, 0.25) is 0 Å². The number of amides is 4. The fraction of sp³-hybridized carbons (Fsp3) is 0.475. The van der Waals surface area contributed by atoms with Gasteiger partial charge in [0, 0.05) is 35.4 Å². The molecule has 7 rings (SSSR count). The predicted octanol–water partition coefficient (Wildman–Crippen LogP) is 4.39. The van der Waals surface area contributed by atoms with Gasteiger partial charge >= 0.3 is 6.09 Å². The van der Waals surface area contributed by atoms with Gasteiger partial charge in [-0.15, -0.1) is 6.58 Å². The van der Waals surface area contributed by atoms with Gasteiger partial charge in [0.25, 0.3) is 5.91 Å². The van der Waals surface area contributed by atoms with E-state index in [0.717, 1.165) is 18.4 Å². The molecule has 2 aromatic carbocycles. The molecule has 292 valence electrons. The monoisotopic (exact) mass is 773 g/mol. The molecule has 4 fully saturated rings. The molecule has 15 heteroatoms. The number of nitrogens with zero attached hydrogens (tertiary/aromatic N) is 2. The summed E-state index contributed by atoms with van der Waals surface area (Å²) >= 11 is 0. The van der Waals surface area contributed by atoms with Crippen molar-refractivity contribution in [3.63, 3.8) is 0 Å². The highest BCUT2D eigenvalue weighted by atomic mass is 32.2. The molecule has 55 heavy (non-hydrogen) atoms. The lowest BCUT2D eigenvalue weighted by atomic mass is 10.0. The Balaban J connectivity index is 1.18. The number of sulfonamides is 1. The molecule has 1 saturated heterocycles. The van der Waals surface area contributed by atoms with Crippen molar-refractivity contribution < 1.29 is 42.2 Å². The summed E-state index contributed by atoms with van der Waals surface area (Å²) in [5.74, 6) is -1.80. The minimum atomic E-state index is -4.03. The number of likely N-dealkylation sites (tertiary alicyclic amines) is 1. The van der Waals surface area contributed by atoms with E-state index in [0.29, 0.717) is 53.3 Å². The number of rotatable bonds is 15. The first kappa shape index (κ1) is 38.1. The van der Waals surface area contributed by atoms with Crippen LogP contribution in [0.3, 0.4) is 0 Å². The van der Waals surface area contributed by atoms with Crippen molar-refractivity contribution in [2.45, 2.75) is 87.3 Å². The first-order chi connectivity index (χ1) is 26.2. The molecule has 3 aliphatic carbocycles. The summed E-state index contributed by atoms with van der Waals surface area (Å²) in [5, 5.41) is 15.3. The van der Waals surface area contributed by atoms with Crippen molar-refractivity contribution in [1.82, 2.24) is 25.2 Å². The molecule has 4 amide bonds. The highest BCUT2D eigenvalue weighted by molar-refractivity contribution is 7.91. The van der Waals surface area contributed by atoms with Crippen LogP contribution < -0.4 is 24.8 Å². The van der Waals surface area contributed by atoms with Gasteiger partial charge in [-0.05, 0) is 49.7 Å². The average molecular weight is 774 g/mol. The largest absolute Gasteiger partial charge is 0.497 e. The first-order valence-corrected chi connectivity index (χ1v) is 20.2. The second-order valence-corrected chi connectivity index (χ2v) is 17.8. The number of hydrogen-bond donors (Lipinski definition) is 4. The molecular weight excluding hydrogens is 727 g/mol. The number of hydrogen-bond acceptors (Lipinski definition) is 9. The number of nitrogens with one attached hydrogen (secondary N) is 3. The van der Waals surface area contributed by atoms with E-state index < -0.39 is 74.1 Å². The quantitative estimate of drug-likeness (QED) is 0.161. The van der Waals surface area contributed by atoms with E-state index in [1.807, 2.05) is 36.4 Å². The van der Waals surface area contributed by atoms with E-state index in [1.54, 1.807) is 39.2 Å². The summed E-state index contributed by atoms with van der Waals surface area (Å²) in [5.41, 5.74) is 0.471.